The van der Waals surface area contributed by atoms with E-state index >= 15 is 0 Å². The fourth-order valence-corrected chi connectivity index (χ4v) is 5.17. The number of nitro groups is 1. The van der Waals surface area contributed by atoms with Crippen molar-refractivity contribution in [3.05, 3.63) is 44.4 Å². The second-order valence-corrected chi connectivity index (χ2v) is 9.83. The first-order valence-electron chi connectivity index (χ1n) is 8.78. The van der Waals surface area contributed by atoms with E-state index < -0.39 is 14.9 Å². The van der Waals surface area contributed by atoms with Gasteiger partial charge in [0.25, 0.3) is 5.69 Å². The van der Waals surface area contributed by atoms with Crippen LogP contribution in [0.25, 0.3) is 0 Å². The van der Waals surface area contributed by atoms with Crippen molar-refractivity contribution in [2.24, 2.45) is 0 Å². The first kappa shape index (κ1) is 20.6. The highest BCUT2D eigenvalue weighted by molar-refractivity contribution is 7.89. The number of thiazole rings is 1. The minimum atomic E-state index is -3.77. The predicted molar refractivity (Wildman–Crippen MR) is 108 cm³/mol. The predicted octanol–water partition coefficient (Wildman–Crippen LogP) is 1.93. The van der Waals surface area contributed by atoms with Crippen LogP contribution in [-0.2, 0) is 16.6 Å². The number of hydrogen-bond acceptors (Lipinski definition) is 8. The average molecular weight is 426 g/mol. The first-order chi connectivity index (χ1) is 13.2. The molecule has 2 aromatic rings. The summed E-state index contributed by atoms with van der Waals surface area (Å²) in [5, 5.41) is 14.5. The van der Waals surface area contributed by atoms with Gasteiger partial charge in [0.2, 0.25) is 10.0 Å². The number of rotatable bonds is 6. The van der Waals surface area contributed by atoms with Crippen molar-refractivity contribution in [2.45, 2.75) is 18.4 Å². The molecule has 152 valence electrons. The number of nitro benzene ring substituents is 1. The van der Waals surface area contributed by atoms with E-state index in [0.717, 1.165) is 16.8 Å². The second-order valence-electron chi connectivity index (χ2n) is 6.83. The molecule has 1 saturated heterocycles. The highest BCUT2D eigenvalue weighted by Crippen LogP contribution is 2.32. The lowest BCUT2D eigenvalue weighted by Crippen LogP contribution is -2.47. The Bertz CT molecular complexity index is 968. The van der Waals surface area contributed by atoms with E-state index in [1.54, 1.807) is 11.9 Å². The molecule has 0 amide bonds. The summed E-state index contributed by atoms with van der Waals surface area (Å²) >= 11 is 1.51. The van der Waals surface area contributed by atoms with E-state index in [-0.39, 0.29) is 10.6 Å². The molecule has 2 heterocycles. The molecule has 1 fully saturated rings. The minimum absolute atomic E-state index is 0.0506. The Hall–Kier alpha value is -2.08. The highest BCUT2D eigenvalue weighted by Gasteiger charge is 2.30. The van der Waals surface area contributed by atoms with E-state index in [9.17, 15) is 18.5 Å². The van der Waals surface area contributed by atoms with Crippen molar-refractivity contribution in [3.8, 4) is 0 Å². The van der Waals surface area contributed by atoms with Gasteiger partial charge in [0.05, 0.1) is 27.1 Å². The monoisotopic (exact) mass is 425 g/mol. The smallest absolute Gasteiger partial charge is 0.293 e. The third kappa shape index (κ3) is 4.32. The number of hydrogen-bond donors (Lipinski definition) is 0. The Kier molecular flexibility index (Phi) is 5.98. The number of likely N-dealkylation sites (N-methyl/N-ethyl adjacent to an activating group) is 1. The molecular weight excluding hydrogens is 402 g/mol. The molecule has 0 saturated carbocycles. The van der Waals surface area contributed by atoms with Gasteiger partial charge in [0.1, 0.15) is 5.69 Å². The van der Waals surface area contributed by atoms with Gasteiger partial charge in [0, 0.05) is 44.7 Å². The number of benzene rings is 1. The summed E-state index contributed by atoms with van der Waals surface area (Å²) in [5.74, 6) is 0. The third-order valence-corrected chi connectivity index (χ3v) is 7.44. The number of nitrogens with zero attached hydrogens (tertiary/aromatic N) is 5. The standard InChI is InChI=1S/C17H23N5O4S2/c1-13-18-14(12-27-13)11-20(3)16-5-4-15(10-17(16)22(23)24)28(25,26)21-8-6-19(2)7-9-21/h4-5,10,12H,6-9,11H2,1-3H3. The molecule has 9 nitrogen and oxygen atoms in total. The molecule has 0 N–H and O–H groups in total. The maximum Gasteiger partial charge on any atom is 0.293 e. The zero-order valence-corrected chi connectivity index (χ0v) is 17.7. The van der Waals surface area contributed by atoms with Gasteiger partial charge in [-0.3, -0.25) is 10.1 Å². The summed E-state index contributed by atoms with van der Waals surface area (Å²) in [6.07, 6.45) is 0. The number of aromatic nitrogens is 1. The van der Waals surface area contributed by atoms with Crippen LogP contribution in [0.5, 0.6) is 0 Å². The zero-order chi connectivity index (χ0) is 20.5. The minimum Gasteiger partial charge on any atom is -0.363 e. The van der Waals surface area contributed by atoms with Crippen molar-refractivity contribution in [3.63, 3.8) is 0 Å². The largest absolute Gasteiger partial charge is 0.363 e. The van der Waals surface area contributed by atoms with E-state index in [1.807, 2.05) is 24.3 Å². The van der Waals surface area contributed by atoms with Crippen LogP contribution in [0.1, 0.15) is 10.7 Å². The van der Waals surface area contributed by atoms with Gasteiger partial charge >= 0.3 is 0 Å². The van der Waals surface area contributed by atoms with Gasteiger partial charge in [-0.05, 0) is 26.1 Å². The van der Waals surface area contributed by atoms with Crippen molar-refractivity contribution in [1.29, 1.82) is 0 Å². The fraction of sp³-hybridized carbons (Fsp3) is 0.471. The number of aryl methyl sites for hydroxylation is 1. The van der Waals surface area contributed by atoms with Crippen LogP contribution in [-0.4, -0.2) is 67.8 Å². The lowest BCUT2D eigenvalue weighted by atomic mass is 10.2. The van der Waals surface area contributed by atoms with Crippen LogP contribution in [0.3, 0.4) is 0 Å². The second kappa shape index (κ2) is 8.11. The van der Waals surface area contributed by atoms with Gasteiger partial charge in [-0.2, -0.15) is 4.31 Å². The molecule has 0 bridgehead atoms. The number of piperazine rings is 1. The third-order valence-electron chi connectivity index (χ3n) is 4.72. The fourth-order valence-electron chi connectivity index (χ4n) is 3.12. The lowest BCUT2D eigenvalue weighted by Gasteiger charge is -2.31. The number of sulfonamides is 1. The van der Waals surface area contributed by atoms with Gasteiger partial charge in [-0.15, -0.1) is 11.3 Å². The molecule has 0 aliphatic carbocycles. The topological polar surface area (TPSA) is 99.9 Å². The van der Waals surface area contributed by atoms with Crippen LogP contribution in [0.2, 0.25) is 0 Å². The Morgan fingerprint density at radius 3 is 2.54 bits per heavy atom. The number of anilines is 1. The van der Waals surface area contributed by atoms with Gasteiger partial charge in [-0.25, -0.2) is 13.4 Å². The van der Waals surface area contributed by atoms with Crippen molar-refractivity contribution in [1.82, 2.24) is 14.2 Å². The van der Waals surface area contributed by atoms with Gasteiger partial charge in [-0.1, -0.05) is 0 Å². The molecule has 0 spiro atoms. The Balaban J connectivity index is 1.89. The molecular formula is C17H23N5O4S2. The average Bonchev–Trinajstić information content (AvgIpc) is 3.06. The van der Waals surface area contributed by atoms with Crippen LogP contribution >= 0.6 is 11.3 Å². The Labute approximate surface area is 168 Å². The van der Waals surface area contributed by atoms with Crippen LogP contribution in [0, 0.1) is 17.0 Å². The Morgan fingerprint density at radius 2 is 1.96 bits per heavy atom. The molecule has 1 aromatic carbocycles. The summed E-state index contributed by atoms with van der Waals surface area (Å²) in [6.45, 7) is 4.31. The van der Waals surface area contributed by atoms with Crippen molar-refractivity contribution < 1.29 is 13.3 Å². The molecule has 3 rings (SSSR count). The van der Waals surface area contributed by atoms with E-state index in [4.69, 9.17) is 0 Å². The molecule has 28 heavy (non-hydrogen) atoms. The zero-order valence-electron chi connectivity index (χ0n) is 16.0. The summed E-state index contributed by atoms with van der Waals surface area (Å²) in [7, 11) is -0.105. The molecule has 0 unspecified atom stereocenters. The summed E-state index contributed by atoms with van der Waals surface area (Å²) in [4.78, 5) is 19.2. The molecule has 1 aliphatic rings. The van der Waals surface area contributed by atoms with Crippen LogP contribution < -0.4 is 4.90 Å². The molecule has 11 heteroatoms. The van der Waals surface area contributed by atoms with Crippen molar-refractivity contribution in [2.75, 3.05) is 45.2 Å². The summed E-state index contributed by atoms with van der Waals surface area (Å²) < 4.78 is 27.2. The van der Waals surface area contributed by atoms with Gasteiger partial charge < -0.3 is 9.80 Å². The van der Waals surface area contributed by atoms with Crippen LogP contribution in [0.15, 0.2) is 28.5 Å². The van der Waals surface area contributed by atoms with E-state index in [0.29, 0.717) is 38.4 Å². The van der Waals surface area contributed by atoms with Crippen molar-refractivity contribution >= 4 is 32.7 Å². The van der Waals surface area contributed by atoms with E-state index in [1.165, 1.54) is 27.8 Å². The summed E-state index contributed by atoms with van der Waals surface area (Å²) in [5.41, 5.74) is 0.936. The van der Waals surface area contributed by atoms with E-state index in [2.05, 4.69) is 4.98 Å². The highest BCUT2D eigenvalue weighted by atomic mass is 32.2. The molecule has 1 aromatic heterocycles. The molecule has 0 radical (unpaired) electrons. The lowest BCUT2D eigenvalue weighted by molar-refractivity contribution is -0.384. The quantitative estimate of drug-likeness (QED) is 0.515. The molecule has 0 atom stereocenters. The summed E-state index contributed by atoms with van der Waals surface area (Å²) in [6, 6.07) is 4.10. The SMILES string of the molecule is Cc1nc(CN(C)c2ccc(S(=O)(=O)N3CCN(C)CC3)cc2[N+](=O)[O-])cs1. The van der Waals surface area contributed by atoms with Crippen LogP contribution in [0.4, 0.5) is 11.4 Å². The maximum absolute atomic E-state index is 12.9. The Morgan fingerprint density at radius 1 is 1.29 bits per heavy atom. The maximum atomic E-state index is 12.9. The van der Waals surface area contributed by atoms with Gasteiger partial charge in [0.15, 0.2) is 0 Å². The first-order valence-corrected chi connectivity index (χ1v) is 11.1. The normalized spacial score (nSPS) is 16.2. The molecule has 1 aliphatic heterocycles.